The van der Waals surface area contributed by atoms with Crippen molar-refractivity contribution in [2.75, 3.05) is 0 Å². The second kappa shape index (κ2) is 3.67. The fourth-order valence-corrected chi connectivity index (χ4v) is 0.490. The predicted molar refractivity (Wildman–Crippen MR) is 40.0 cm³/mol. The van der Waals surface area contributed by atoms with E-state index in [0.29, 0.717) is 6.42 Å². The van der Waals surface area contributed by atoms with Crippen molar-refractivity contribution in [3.63, 3.8) is 0 Å². The van der Waals surface area contributed by atoms with Crippen molar-refractivity contribution in [3.8, 4) is 0 Å². The third-order valence-electron chi connectivity index (χ3n) is 0.951. The van der Waals surface area contributed by atoms with Gasteiger partial charge in [0.05, 0.1) is 5.60 Å². The van der Waals surface area contributed by atoms with Gasteiger partial charge in [0.1, 0.15) is 0 Å². The molecule has 1 radical (unpaired) electrons. The van der Waals surface area contributed by atoms with Crippen molar-refractivity contribution in [1.82, 2.24) is 0 Å². The Hall–Kier alpha value is -0.300. The van der Waals surface area contributed by atoms with E-state index in [2.05, 4.69) is 6.92 Å². The summed E-state index contributed by atoms with van der Waals surface area (Å²) in [5, 5.41) is 9.17. The summed E-state index contributed by atoms with van der Waals surface area (Å²) in [4.78, 5) is 0. The maximum absolute atomic E-state index is 9.17. The summed E-state index contributed by atoms with van der Waals surface area (Å²) in [7, 11) is 0. The first kappa shape index (κ1) is 8.70. The quantitative estimate of drug-likeness (QED) is 0.574. The Morgan fingerprint density at radius 3 is 2.33 bits per heavy atom. The third-order valence-corrected chi connectivity index (χ3v) is 0.951. The van der Waals surface area contributed by atoms with E-state index in [4.69, 9.17) is 0 Å². The van der Waals surface area contributed by atoms with Crippen LogP contribution in [0.2, 0.25) is 0 Å². The van der Waals surface area contributed by atoms with Gasteiger partial charge < -0.3 is 5.11 Å². The monoisotopic (exact) mass is 127 g/mol. The van der Waals surface area contributed by atoms with Crippen LogP contribution in [-0.4, -0.2) is 10.7 Å². The van der Waals surface area contributed by atoms with Crippen LogP contribution in [0.1, 0.15) is 26.7 Å². The van der Waals surface area contributed by atoms with Crippen LogP contribution in [0.5, 0.6) is 0 Å². The normalized spacial score (nSPS) is 12.9. The molecule has 0 saturated heterocycles. The van der Waals surface area contributed by atoms with Crippen molar-refractivity contribution in [2.24, 2.45) is 0 Å². The summed E-state index contributed by atoms with van der Waals surface area (Å²) < 4.78 is 0. The van der Waals surface area contributed by atoms with Gasteiger partial charge in [-0.1, -0.05) is 12.2 Å². The van der Waals surface area contributed by atoms with E-state index < -0.39 is 5.60 Å². The fourth-order valence-electron chi connectivity index (χ4n) is 0.490. The molecule has 0 aromatic carbocycles. The van der Waals surface area contributed by atoms with Crippen molar-refractivity contribution in [1.29, 1.82) is 0 Å². The first-order valence-corrected chi connectivity index (χ1v) is 3.23. The van der Waals surface area contributed by atoms with Crippen LogP contribution in [0, 0.1) is 6.92 Å². The number of hydrogen-bond donors (Lipinski definition) is 1. The average Bonchev–Trinajstić information content (AvgIpc) is 1.63. The zero-order valence-corrected chi connectivity index (χ0v) is 6.22. The maximum Gasteiger partial charge on any atom is 0.0626 e. The molecule has 0 rings (SSSR count). The van der Waals surface area contributed by atoms with Gasteiger partial charge in [0.2, 0.25) is 0 Å². The first-order chi connectivity index (χ1) is 4.06. The summed E-state index contributed by atoms with van der Waals surface area (Å²) in [6.07, 6.45) is 5.42. The molecule has 1 nitrogen and oxygen atoms in total. The topological polar surface area (TPSA) is 20.2 Å². The molecule has 0 fully saturated rings. The molecule has 0 saturated carbocycles. The van der Waals surface area contributed by atoms with Gasteiger partial charge in [-0.25, -0.2) is 0 Å². The van der Waals surface area contributed by atoms with Crippen molar-refractivity contribution in [3.05, 3.63) is 19.1 Å². The van der Waals surface area contributed by atoms with Crippen LogP contribution < -0.4 is 0 Å². The molecule has 0 aliphatic carbocycles. The van der Waals surface area contributed by atoms with Gasteiger partial charge in [-0.05, 0) is 33.6 Å². The van der Waals surface area contributed by atoms with Crippen LogP contribution >= 0.6 is 0 Å². The first-order valence-electron chi connectivity index (χ1n) is 3.23. The smallest absolute Gasteiger partial charge is 0.0626 e. The highest BCUT2D eigenvalue weighted by molar-refractivity contribution is 4.87. The highest BCUT2D eigenvalue weighted by Gasteiger charge is 2.07. The Bertz CT molecular complexity index is 87.2. The molecule has 0 aliphatic rings. The summed E-state index contributed by atoms with van der Waals surface area (Å²) in [6.45, 7) is 7.22. The molecular weight excluding hydrogens is 112 g/mol. The molecule has 0 spiro atoms. The van der Waals surface area contributed by atoms with Crippen LogP contribution in [-0.2, 0) is 0 Å². The highest BCUT2D eigenvalue weighted by atomic mass is 16.3. The van der Waals surface area contributed by atoms with Crippen LogP contribution in [0.4, 0.5) is 0 Å². The SMILES string of the molecule is [CH2]C/C=C/CC(C)(C)O. The van der Waals surface area contributed by atoms with E-state index in [1.165, 1.54) is 0 Å². The number of hydrogen-bond acceptors (Lipinski definition) is 1. The minimum atomic E-state index is -0.564. The Labute approximate surface area is 57.4 Å². The van der Waals surface area contributed by atoms with Gasteiger partial charge in [0, 0.05) is 0 Å². The van der Waals surface area contributed by atoms with E-state index in [9.17, 15) is 5.11 Å². The van der Waals surface area contributed by atoms with E-state index in [0.717, 1.165) is 6.42 Å². The van der Waals surface area contributed by atoms with Crippen molar-refractivity contribution < 1.29 is 5.11 Å². The lowest BCUT2D eigenvalue weighted by Crippen LogP contribution is -2.16. The Balaban J connectivity index is 3.38. The Morgan fingerprint density at radius 1 is 1.44 bits per heavy atom. The third kappa shape index (κ3) is 7.70. The molecule has 9 heavy (non-hydrogen) atoms. The molecular formula is C8H15O. The zero-order chi connectivity index (χ0) is 7.33. The van der Waals surface area contributed by atoms with Gasteiger partial charge in [0.15, 0.2) is 0 Å². The van der Waals surface area contributed by atoms with Crippen LogP contribution in [0.3, 0.4) is 0 Å². The lowest BCUT2D eigenvalue weighted by Gasteiger charge is -2.12. The zero-order valence-electron chi connectivity index (χ0n) is 6.22. The van der Waals surface area contributed by atoms with Gasteiger partial charge >= 0.3 is 0 Å². The van der Waals surface area contributed by atoms with Gasteiger partial charge in [-0.3, -0.25) is 0 Å². The van der Waals surface area contributed by atoms with Gasteiger partial charge in [-0.15, -0.1) is 0 Å². The summed E-state index contributed by atoms with van der Waals surface area (Å²) >= 11 is 0. The molecule has 0 aromatic heterocycles. The molecule has 1 N–H and O–H groups in total. The fraction of sp³-hybridized carbons (Fsp3) is 0.625. The maximum atomic E-state index is 9.17. The molecule has 0 heterocycles. The van der Waals surface area contributed by atoms with Crippen molar-refractivity contribution >= 4 is 0 Å². The minimum absolute atomic E-state index is 0.564. The van der Waals surface area contributed by atoms with E-state index in [1.54, 1.807) is 13.8 Å². The van der Waals surface area contributed by atoms with Gasteiger partial charge in [-0.2, -0.15) is 0 Å². The molecule has 0 aromatic rings. The summed E-state index contributed by atoms with van der Waals surface area (Å²) in [5.41, 5.74) is -0.564. The molecule has 0 aliphatic heterocycles. The molecule has 0 bridgehead atoms. The largest absolute Gasteiger partial charge is 0.390 e. The lowest BCUT2D eigenvalue weighted by molar-refractivity contribution is 0.0838. The molecule has 0 unspecified atom stereocenters. The highest BCUT2D eigenvalue weighted by Crippen LogP contribution is 2.07. The number of rotatable bonds is 3. The molecule has 0 amide bonds. The van der Waals surface area contributed by atoms with Crippen LogP contribution in [0.15, 0.2) is 12.2 Å². The van der Waals surface area contributed by atoms with Crippen molar-refractivity contribution in [2.45, 2.75) is 32.3 Å². The van der Waals surface area contributed by atoms with E-state index in [-0.39, 0.29) is 0 Å². The molecule has 53 valence electrons. The Kier molecular flexibility index (Phi) is 3.55. The molecule has 1 heteroatoms. The molecule has 0 atom stereocenters. The summed E-state index contributed by atoms with van der Waals surface area (Å²) in [6, 6.07) is 0. The van der Waals surface area contributed by atoms with Gasteiger partial charge in [0.25, 0.3) is 0 Å². The number of allylic oxidation sites excluding steroid dienone is 1. The number of aliphatic hydroxyl groups is 1. The second-order valence-corrected chi connectivity index (χ2v) is 2.78. The predicted octanol–water partition coefficient (Wildman–Crippen LogP) is 1.93. The standard InChI is InChI=1S/C8H15O/c1-4-5-6-7-8(2,3)9/h5-6,9H,1,4,7H2,2-3H3/b6-5+. The van der Waals surface area contributed by atoms with E-state index >= 15 is 0 Å². The average molecular weight is 127 g/mol. The summed E-state index contributed by atoms with van der Waals surface area (Å²) in [5.74, 6) is 0. The second-order valence-electron chi connectivity index (χ2n) is 2.78. The minimum Gasteiger partial charge on any atom is -0.390 e. The Morgan fingerprint density at radius 2 is 2.00 bits per heavy atom. The van der Waals surface area contributed by atoms with Crippen LogP contribution in [0.25, 0.3) is 0 Å². The lowest BCUT2D eigenvalue weighted by atomic mass is 10.1. The van der Waals surface area contributed by atoms with E-state index in [1.807, 2.05) is 12.2 Å².